The highest BCUT2D eigenvalue weighted by Gasteiger charge is 2.49. The topological polar surface area (TPSA) is 133 Å². The van der Waals surface area contributed by atoms with Gasteiger partial charge in [-0.15, -0.1) is 11.3 Å². The van der Waals surface area contributed by atoms with Crippen molar-refractivity contribution < 1.29 is 53.9 Å². The average molecular weight is 663 g/mol. The largest absolute Gasteiger partial charge is 0.534 e. The van der Waals surface area contributed by atoms with Crippen molar-refractivity contribution in [3.05, 3.63) is 47.0 Å². The Morgan fingerprint density at radius 3 is 2.55 bits per heavy atom. The molecule has 0 saturated heterocycles. The Balaban J connectivity index is 1.82. The van der Waals surface area contributed by atoms with Crippen LogP contribution in [0.15, 0.2) is 29.6 Å². The summed E-state index contributed by atoms with van der Waals surface area (Å²) in [6.07, 6.45) is -1.20. The lowest BCUT2D eigenvalue weighted by atomic mass is 9.98. The third-order valence-electron chi connectivity index (χ3n) is 6.89. The third kappa shape index (κ3) is 5.52. The SMILES string of the molecule is COCCOc1cc(F)cc(F)c1-c1c(-c2cc3n(n2)C[C@@H](C)N(C(=O)O)[C@H]3C)nc(OS(=O)(=O)C(F)(F)F)c2ccsc12. The molecule has 5 rings (SSSR count). The summed E-state index contributed by atoms with van der Waals surface area (Å²) >= 11 is 0.898. The molecular weight excluding hydrogens is 639 g/mol. The molecule has 18 heteroatoms. The average Bonchev–Trinajstić information content (AvgIpc) is 3.56. The fourth-order valence-electron chi connectivity index (χ4n) is 5.02. The molecule has 2 atom stereocenters. The highest BCUT2D eigenvalue weighted by molar-refractivity contribution is 7.88. The smallest absolute Gasteiger partial charge is 0.490 e. The maximum Gasteiger partial charge on any atom is 0.534 e. The number of ether oxygens (including phenoxy) is 2. The molecule has 0 radical (unpaired) electrons. The fourth-order valence-corrected chi connectivity index (χ4v) is 6.38. The number of carboxylic acid groups (broad SMARTS) is 1. The van der Waals surface area contributed by atoms with Crippen molar-refractivity contribution in [3.8, 4) is 34.1 Å². The number of alkyl halides is 3. The molecule has 4 aromatic rings. The molecule has 0 saturated carbocycles. The van der Waals surface area contributed by atoms with E-state index in [1.165, 1.54) is 34.2 Å². The number of fused-ring (bicyclic) bond motifs is 2. The molecule has 4 heterocycles. The molecule has 0 spiro atoms. The zero-order valence-corrected chi connectivity index (χ0v) is 24.7. The first kappa shape index (κ1) is 31.4. The van der Waals surface area contributed by atoms with Crippen LogP contribution in [0.5, 0.6) is 11.6 Å². The molecule has 1 amide bonds. The molecule has 1 aliphatic heterocycles. The van der Waals surface area contributed by atoms with Gasteiger partial charge in [-0.2, -0.15) is 26.7 Å². The monoisotopic (exact) mass is 662 g/mol. The van der Waals surface area contributed by atoms with E-state index in [2.05, 4.69) is 14.3 Å². The highest BCUT2D eigenvalue weighted by Crippen LogP contribution is 2.48. The van der Waals surface area contributed by atoms with Crippen molar-refractivity contribution in [2.24, 2.45) is 0 Å². The Bertz CT molecular complexity index is 1860. The van der Waals surface area contributed by atoms with Gasteiger partial charge in [-0.1, -0.05) is 0 Å². The van der Waals surface area contributed by atoms with Crippen molar-refractivity contribution in [1.29, 1.82) is 0 Å². The summed E-state index contributed by atoms with van der Waals surface area (Å²) in [6, 6.07) is 2.87. The Hall–Kier alpha value is -4.03. The first-order valence-electron chi connectivity index (χ1n) is 12.8. The molecule has 1 aromatic carbocycles. The summed E-state index contributed by atoms with van der Waals surface area (Å²) in [7, 11) is -4.80. The molecule has 0 fully saturated rings. The van der Waals surface area contributed by atoms with E-state index in [1.54, 1.807) is 13.8 Å². The number of halogens is 5. The van der Waals surface area contributed by atoms with E-state index in [4.69, 9.17) is 9.47 Å². The Morgan fingerprint density at radius 2 is 1.89 bits per heavy atom. The fraction of sp³-hybridized carbons (Fsp3) is 0.346. The van der Waals surface area contributed by atoms with Crippen molar-refractivity contribution >= 4 is 37.6 Å². The second kappa shape index (κ2) is 11.5. The standard InChI is InChI=1S/C26H23F5N4O7S2/c1-12-11-34-18(13(2)35(12)25(36)37)10-17(33-34)22-21(20-16(28)8-14(27)9-19(20)41-6-5-40-3)23-15(4-7-43-23)24(32-22)42-44(38,39)26(29,30)31/h4,7-10,12-13H,5-6,11H2,1-3H3,(H,36,37)/t12-,13+/m1/s1. The Labute approximate surface area is 250 Å². The maximum absolute atomic E-state index is 15.7. The lowest BCUT2D eigenvalue weighted by Gasteiger charge is -2.37. The molecule has 44 heavy (non-hydrogen) atoms. The zero-order valence-electron chi connectivity index (χ0n) is 23.1. The van der Waals surface area contributed by atoms with E-state index in [9.17, 15) is 35.9 Å². The molecule has 0 bridgehead atoms. The van der Waals surface area contributed by atoms with Crippen molar-refractivity contribution in [3.63, 3.8) is 0 Å². The number of amides is 1. The summed E-state index contributed by atoms with van der Waals surface area (Å²) in [6.45, 7) is 3.26. The van der Waals surface area contributed by atoms with Crippen molar-refractivity contribution in [1.82, 2.24) is 19.7 Å². The molecule has 3 aromatic heterocycles. The second-order valence-electron chi connectivity index (χ2n) is 9.74. The Morgan fingerprint density at radius 1 is 1.16 bits per heavy atom. The maximum atomic E-state index is 15.7. The van der Waals surface area contributed by atoms with Crippen LogP contribution in [0.2, 0.25) is 0 Å². The molecule has 236 valence electrons. The van der Waals surface area contributed by atoms with Crippen LogP contribution < -0.4 is 8.92 Å². The first-order chi connectivity index (χ1) is 20.6. The van der Waals surface area contributed by atoms with E-state index in [-0.39, 0.29) is 58.1 Å². The lowest BCUT2D eigenvalue weighted by molar-refractivity contribution is -0.0500. The van der Waals surface area contributed by atoms with Crippen LogP contribution in [0, 0.1) is 11.6 Å². The summed E-state index contributed by atoms with van der Waals surface area (Å²) in [5.41, 5.74) is -6.23. The second-order valence-corrected chi connectivity index (χ2v) is 12.2. The van der Waals surface area contributed by atoms with E-state index < -0.39 is 51.3 Å². The van der Waals surface area contributed by atoms with Crippen LogP contribution in [0.25, 0.3) is 32.6 Å². The highest BCUT2D eigenvalue weighted by atomic mass is 32.2. The van der Waals surface area contributed by atoms with Gasteiger partial charge in [0.15, 0.2) is 0 Å². The number of aromatic nitrogens is 3. The number of rotatable bonds is 8. The number of hydrogen-bond acceptors (Lipinski definition) is 9. The quantitative estimate of drug-likeness (QED) is 0.108. The minimum Gasteiger partial charge on any atom is -0.490 e. The molecular formula is C26H23F5N4O7S2. The molecule has 1 aliphatic rings. The van der Waals surface area contributed by atoms with E-state index in [0.29, 0.717) is 11.8 Å². The van der Waals surface area contributed by atoms with E-state index in [1.807, 2.05) is 0 Å². The number of thiophene rings is 1. The molecule has 1 N–H and O–H groups in total. The number of benzene rings is 1. The minimum absolute atomic E-state index is 0.0315. The summed E-state index contributed by atoms with van der Waals surface area (Å²) in [4.78, 5) is 17.2. The van der Waals surface area contributed by atoms with Crippen LogP contribution in [0.1, 0.15) is 25.6 Å². The van der Waals surface area contributed by atoms with Gasteiger partial charge in [0, 0.05) is 24.8 Å². The predicted molar refractivity (Wildman–Crippen MR) is 147 cm³/mol. The number of carbonyl (C=O) groups is 1. The number of pyridine rings is 1. The van der Waals surface area contributed by atoms with Gasteiger partial charge in [0.05, 0.1) is 46.6 Å². The van der Waals surface area contributed by atoms with Gasteiger partial charge in [-0.25, -0.2) is 18.6 Å². The normalized spacial score (nSPS) is 17.1. The summed E-state index contributed by atoms with van der Waals surface area (Å²) < 4.78 is 111. The van der Waals surface area contributed by atoms with Crippen LogP contribution in [-0.4, -0.2) is 71.2 Å². The van der Waals surface area contributed by atoms with Crippen LogP contribution in [0.3, 0.4) is 0 Å². The van der Waals surface area contributed by atoms with Crippen molar-refractivity contribution in [2.45, 2.75) is 38.0 Å². The van der Waals surface area contributed by atoms with Crippen LogP contribution in [-0.2, 0) is 21.4 Å². The van der Waals surface area contributed by atoms with Crippen LogP contribution >= 0.6 is 11.3 Å². The van der Waals surface area contributed by atoms with E-state index in [0.717, 1.165) is 17.4 Å². The van der Waals surface area contributed by atoms with Gasteiger partial charge in [0.2, 0.25) is 5.88 Å². The molecule has 0 aliphatic carbocycles. The summed E-state index contributed by atoms with van der Waals surface area (Å²) in [5.74, 6) is -3.35. The summed E-state index contributed by atoms with van der Waals surface area (Å²) in [5, 5.41) is 15.4. The van der Waals surface area contributed by atoms with Gasteiger partial charge in [0.25, 0.3) is 0 Å². The van der Waals surface area contributed by atoms with Gasteiger partial charge < -0.3 is 18.8 Å². The lowest BCUT2D eigenvalue weighted by Crippen LogP contribution is -2.46. The predicted octanol–water partition coefficient (Wildman–Crippen LogP) is 5.80. The number of hydrogen-bond donors (Lipinski definition) is 1. The molecule has 0 unspecified atom stereocenters. The Kier molecular flexibility index (Phi) is 8.19. The number of nitrogens with zero attached hydrogens (tertiary/aromatic N) is 4. The van der Waals surface area contributed by atoms with Gasteiger partial charge in [-0.05, 0) is 31.4 Å². The van der Waals surface area contributed by atoms with Gasteiger partial charge in [-0.3, -0.25) is 9.58 Å². The van der Waals surface area contributed by atoms with Gasteiger partial charge in [0.1, 0.15) is 35.4 Å². The van der Waals surface area contributed by atoms with Crippen LogP contribution in [0.4, 0.5) is 26.7 Å². The van der Waals surface area contributed by atoms with Gasteiger partial charge >= 0.3 is 21.7 Å². The molecule has 11 nitrogen and oxygen atoms in total. The van der Waals surface area contributed by atoms with E-state index >= 15 is 4.39 Å². The number of methoxy groups -OCH3 is 1. The zero-order chi connectivity index (χ0) is 32.1. The first-order valence-corrected chi connectivity index (χ1v) is 15.1. The third-order valence-corrected chi connectivity index (χ3v) is 8.77. The minimum atomic E-state index is -6.19. The van der Waals surface area contributed by atoms with Crippen molar-refractivity contribution in [2.75, 3.05) is 20.3 Å².